The number of nitrogens with zero attached hydrogens (tertiary/aromatic N) is 2. The van der Waals surface area contributed by atoms with Crippen molar-refractivity contribution < 1.29 is 9.32 Å². The maximum absolute atomic E-state index is 11.4. The number of hydrogen-bond donors (Lipinski definition) is 0. The van der Waals surface area contributed by atoms with Crippen LogP contribution in [0.1, 0.15) is 31.4 Å². The number of Topliss-reactive ketones (excluding diaryl/α,β-unsaturated/α-hetero) is 1. The zero-order valence-electron chi connectivity index (χ0n) is 8.56. The topological polar surface area (TPSA) is 46.3 Å². The summed E-state index contributed by atoms with van der Waals surface area (Å²) in [5.74, 6) is 1.33. The molecule has 1 aromatic heterocycles. The lowest BCUT2D eigenvalue weighted by molar-refractivity contribution is -0.123. The summed E-state index contributed by atoms with van der Waals surface area (Å²) in [5, 5.41) is 3.70. The second-order valence-corrected chi connectivity index (χ2v) is 4.48. The average molecular weight is 206 g/mol. The van der Waals surface area contributed by atoms with Gasteiger partial charge in [-0.25, -0.2) is 0 Å². The van der Waals surface area contributed by atoms with Gasteiger partial charge >= 0.3 is 0 Å². The van der Waals surface area contributed by atoms with Crippen LogP contribution in [0.2, 0.25) is 0 Å². The number of fused-ring (bicyclic) bond motifs is 2. The van der Waals surface area contributed by atoms with Crippen molar-refractivity contribution in [2.75, 3.05) is 0 Å². The normalized spacial score (nSPS) is 31.1. The Morgan fingerprint density at radius 2 is 2.13 bits per heavy atom. The molecule has 3 heterocycles. The quantitative estimate of drug-likeness (QED) is 0.733. The zero-order chi connectivity index (χ0) is 10.3. The van der Waals surface area contributed by atoms with Crippen LogP contribution in [0.3, 0.4) is 0 Å². The van der Waals surface area contributed by atoms with E-state index in [1.54, 1.807) is 6.20 Å². The van der Waals surface area contributed by atoms with Gasteiger partial charge in [-0.1, -0.05) is 5.16 Å². The Bertz CT molecular complexity index is 345. The Labute approximate surface area is 88.2 Å². The second kappa shape index (κ2) is 3.45. The van der Waals surface area contributed by atoms with E-state index in [-0.39, 0.29) is 0 Å². The third-order valence-corrected chi connectivity index (χ3v) is 3.53. The number of carbonyl (C=O) groups excluding carboxylic acids is 1. The molecule has 0 amide bonds. The average Bonchev–Trinajstić information content (AvgIpc) is 2.77. The highest BCUT2D eigenvalue weighted by Gasteiger charge is 2.40. The van der Waals surface area contributed by atoms with Crippen molar-refractivity contribution >= 4 is 5.78 Å². The molecule has 0 N–H and O–H groups in total. The molecule has 3 rings (SSSR count). The fourth-order valence-electron chi connectivity index (χ4n) is 2.82. The van der Waals surface area contributed by atoms with E-state index in [2.05, 4.69) is 10.1 Å². The van der Waals surface area contributed by atoms with Crippen LogP contribution in [0, 0.1) is 0 Å². The number of aromatic nitrogens is 1. The molecule has 2 fully saturated rings. The molecule has 80 valence electrons. The number of ketones is 1. The van der Waals surface area contributed by atoms with Gasteiger partial charge in [0.25, 0.3) is 0 Å². The number of hydrogen-bond acceptors (Lipinski definition) is 4. The number of carbonyl (C=O) groups is 1. The maximum Gasteiger partial charge on any atom is 0.150 e. The molecule has 2 aliphatic heterocycles. The lowest BCUT2D eigenvalue weighted by atomic mass is 10.0. The van der Waals surface area contributed by atoms with E-state index >= 15 is 0 Å². The predicted molar refractivity (Wildman–Crippen MR) is 53.1 cm³/mol. The molecule has 0 aromatic carbocycles. The van der Waals surface area contributed by atoms with E-state index in [0.29, 0.717) is 17.9 Å². The molecule has 0 radical (unpaired) electrons. The van der Waals surface area contributed by atoms with Crippen molar-refractivity contribution in [2.45, 2.75) is 44.3 Å². The van der Waals surface area contributed by atoms with Crippen LogP contribution in [0.5, 0.6) is 0 Å². The van der Waals surface area contributed by atoms with Gasteiger partial charge in [-0.05, 0) is 12.8 Å². The Kier molecular flexibility index (Phi) is 2.09. The van der Waals surface area contributed by atoms with E-state index in [0.717, 1.165) is 38.0 Å². The number of rotatable bonds is 2. The Morgan fingerprint density at radius 3 is 2.73 bits per heavy atom. The molecule has 0 aliphatic carbocycles. The first-order chi connectivity index (χ1) is 7.33. The predicted octanol–water partition coefficient (Wildman–Crippen LogP) is 1.37. The SMILES string of the molecule is O=C1CC2CCC(C1)N2Cc1ccno1. The first-order valence-corrected chi connectivity index (χ1v) is 5.50. The summed E-state index contributed by atoms with van der Waals surface area (Å²) in [7, 11) is 0. The van der Waals surface area contributed by atoms with Gasteiger partial charge in [0.2, 0.25) is 0 Å². The first-order valence-electron chi connectivity index (χ1n) is 5.50. The van der Waals surface area contributed by atoms with Crippen LogP contribution in [-0.4, -0.2) is 27.9 Å². The maximum atomic E-state index is 11.4. The van der Waals surface area contributed by atoms with Crippen molar-refractivity contribution in [2.24, 2.45) is 0 Å². The fraction of sp³-hybridized carbons (Fsp3) is 0.636. The largest absolute Gasteiger partial charge is 0.360 e. The smallest absolute Gasteiger partial charge is 0.150 e. The van der Waals surface area contributed by atoms with E-state index in [1.165, 1.54) is 0 Å². The summed E-state index contributed by atoms with van der Waals surface area (Å²) in [6.45, 7) is 0.808. The Hall–Kier alpha value is -1.16. The highest BCUT2D eigenvalue weighted by atomic mass is 16.5. The third-order valence-electron chi connectivity index (χ3n) is 3.53. The van der Waals surface area contributed by atoms with Crippen molar-refractivity contribution in [1.29, 1.82) is 0 Å². The summed E-state index contributed by atoms with van der Waals surface area (Å²) in [6.07, 6.45) is 5.44. The van der Waals surface area contributed by atoms with Gasteiger partial charge < -0.3 is 4.52 Å². The van der Waals surface area contributed by atoms with Crippen molar-refractivity contribution in [1.82, 2.24) is 10.1 Å². The minimum atomic E-state index is 0.427. The Balaban J connectivity index is 1.75. The van der Waals surface area contributed by atoms with Crippen LogP contribution in [0.25, 0.3) is 0 Å². The number of piperidine rings is 1. The van der Waals surface area contributed by atoms with Gasteiger partial charge in [-0.2, -0.15) is 0 Å². The summed E-state index contributed by atoms with van der Waals surface area (Å²) >= 11 is 0. The molecule has 1 aromatic rings. The third kappa shape index (κ3) is 1.59. The minimum absolute atomic E-state index is 0.427. The molecular weight excluding hydrogens is 192 g/mol. The van der Waals surface area contributed by atoms with E-state index in [4.69, 9.17) is 4.52 Å². The van der Waals surface area contributed by atoms with E-state index in [9.17, 15) is 4.79 Å². The van der Waals surface area contributed by atoms with Crippen LogP contribution in [0.4, 0.5) is 0 Å². The van der Waals surface area contributed by atoms with E-state index < -0.39 is 0 Å². The van der Waals surface area contributed by atoms with Gasteiger partial charge in [0.1, 0.15) is 5.78 Å². The standard InChI is InChI=1S/C11H14N2O2/c14-10-5-8-1-2-9(6-10)13(8)7-11-3-4-12-15-11/h3-4,8-9H,1-2,5-7H2. The molecule has 4 nitrogen and oxygen atoms in total. The molecule has 2 atom stereocenters. The highest BCUT2D eigenvalue weighted by molar-refractivity contribution is 5.80. The molecular formula is C11H14N2O2. The van der Waals surface area contributed by atoms with Crippen molar-refractivity contribution in [3.8, 4) is 0 Å². The lowest BCUT2D eigenvalue weighted by Gasteiger charge is -2.32. The van der Waals surface area contributed by atoms with Crippen LogP contribution >= 0.6 is 0 Å². The highest BCUT2D eigenvalue weighted by Crippen LogP contribution is 2.34. The second-order valence-electron chi connectivity index (χ2n) is 4.48. The monoisotopic (exact) mass is 206 g/mol. The van der Waals surface area contributed by atoms with E-state index in [1.807, 2.05) is 6.07 Å². The zero-order valence-corrected chi connectivity index (χ0v) is 8.56. The molecule has 15 heavy (non-hydrogen) atoms. The van der Waals surface area contributed by atoms with Gasteiger partial charge in [0.15, 0.2) is 5.76 Å². The van der Waals surface area contributed by atoms with Gasteiger partial charge in [0.05, 0.1) is 12.7 Å². The molecule has 2 aliphatic rings. The van der Waals surface area contributed by atoms with Gasteiger partial charge in [-0.3, -0.25) is 9.69 Å². The van der Waals surface area contributed by atoms with Crippen molar-refractivity contribution in [3.05, 3.63) is 18.0 Å². The summed E-state index contributed by atoms with van der Waals surface area (Å²) in [6, 6.07) is 2.79. The fourth-order valence-corrected chi connectivity index (χ4v) is 2.82. The van der Waals surface area contributed by atoms with Crippen LogP contribution < -0.4 is 0 Å². The Morgan fingerprint density at radius 1 is 1.40 bits per heavy atom. The van der Waals surface area contributed by atoms with Gasteiger partial charge in [-0.15, -0.1) is 0 Å². The summed E-state index contributed by atoms with van der Waals surface area (Å²) in [4.78, 5) is 13.8. The lowest BCUT2D eigenvalue weighted by Crippen LogP contribution is -2.42. The molecule has 0 spiro atoms. The summed E-state index contributed by atoms with van der Waals surface area (Å²) < 4.78 is 5.11. The first kappa shape index (κ1) is 9.09. The van der Waals surface area contributed by atoms with Gasteiger partial charge in [0, 0.05) is 31.0 Å². The van der Waals surface area contributed by atoms with Crippen LogP contribution in [-0.2, 0) is 11.3 Å². The molecule has 2 saturated heterocycles. The van der Waals surface area contributed by atoms with Crippen molar-refractivity contribution in [3.63, 3.8) is 0 Å². The minimum Gasteiger partial charge on any atom is -0.360 e. The van der Waals surface area contributed by atoms with Crippen LogP contribution in [0.15, 0.2) is 16.8 Å². The summed E-state index contributed by atoms with van der Waals surface area (Å²) in [5.41, 5.74) is 0. The molecule has 4 heteroatoms. The molecule has 2 bridgehead atoms. The molecule has 0 saturated carbocycles. The molecule has 2 unspecified atom stereocenters.